The van der Waals surface area contributed by atoms with Crippen molar-refractivity contribution in [2.75, 3.05) is 46.3 Å². The van der Waals surface area contributed by atoms with Crippen LogP contribution in [-0.2, 0) is 6.54 Å². The second-order valence-electron chi connectivity index (χ2n) is 5.34. The lowest BCUT2D eigenvalue weighted by atomic mass is 10.2. The van der Waals surface area contributed by atoms with Crippen molar-refractivity contribution in [3.05, 3.63) is 29.8 Å². The molecular formula is C15H23F2N3O. The molecule has 1 aliphatic rings. The summed E-state index contributed by atoms with van der Waals surface area (Å²) in [5, 5.41) is 3.38. The standard InChI is InChI=1S/C15H23F2N3O/c1-19-8-10-20(11-9-19)7-6-18-12-13-2-4-14(5-3-13)21-15(16)17/h2-5,15,18H,6-12H2,1H3. The normalized spacial score (nSPS) is 17.3. The van der Waals surface area contributed by atoms with Crippen LogP contribution >= 0.6 is 0 Å². The smallest absolute Gasteiger partial charge is 0.387 e. The topological polar surface area (TPSA) is 27.7 Å². The Balaban J connectivity index is 1.62. The first-order chi connectivity index (χ1) is 10.1. The minimum Gasteiger partial charge on any atom is -0.435 e. The van der Waals surface area contributed by atoms with Crippen LogP contribution in [0.1, 0.15) is 5.56 Å². The Kier molecular flexibility index (Phi) is 6.35. The van der Waals surface area contributed by atoms with Gasteiger partial charge in [-0.05, 0) is 24.7 Å². The van der Waals surface area contributed by atoms with Gasteiger partial charge in [-0.3, -0.25) is 4.90 Å². The van der Waals surface area contributed by atoms with Crippen molar-refractivity contribution in [1.82, 2.24) is 15.1 Å². The number of rotatable bonds is 7. The SMILES string of the molecule is CN1CCN(CCNCc2ccc(OC(F)F)cc2)CC1. The zero-order valence-corrected chi connectivity index (χ0v) is 12.4. The highest BCUT2D eigenvalue weighted by Gasteiger charge is 2.12. The molecule has 6 heteroatoms. The van der Waals surface area contributed by atoms with Gasteiger partial charge in [-0.2, -0.15) is 8.78 Å². The Bertz CT molecular complexity index is 406. The molecule has 21 heavy (non-hydrogen) atoms. The van der Waals surface area contributed by atoms with E-state index in [-0.39, 0.29) is 5.75 Å². The zero-order valence-electron chi connectivity index (χ0n) is 12.4. The van der Waals surface area contributed by atoms with Crippen LogP contribution in [0.4, 0.5) is 8.78 Å². The number of piperazine rings is 1. The van der Waals surface area contributed by atoms with Gasteiger partial charge in [0.1, 0.15) is 5.75 Å². The van der Waals surface area contributed by atoms with E-state index in [1.807, 2.05) is 0 Å². The molecule has 0 aromatic heterocycles. The number of halogens is 2. The van der Waals surface area contributed by atoms with E-state index in [1.54, 1.807) is 24.3 Å². The van der Waals surface area contributed by atoms with E-state index in [4.69, 9.17) is 0 Å². The highest BCUT2D eigenvalue weighted by Crippen LogP contribution is 2.14. The van der Waals surface area contributed by atoms with Crippen LogP contribution in [-0.4, -0.2) is 62.7 Å². The molecule has 1 fully saturated rings. The summed E-state index contributed by atoms with van der Waals surface area (Å²) in [6.07, 6.45) is 0. The van der Waals surface area contributed by atoms with E-state index >= 15 is 0 Å². The van der Waals surface area contributed by atoms with Crippen molar-refractivity contribution in [2.24, 2.45) is 0 Å². The monoisotopic (exact) mass is 299 g/mol. The summed E-state index contributed by atoms with van der Waals surface area (Å²) in [5.41, 5.74) is 1.06. The van der Waals surface area contributed by atoms with Crippen molar-refractivity contribution in [1.29, 1.82) is 0 Å². The Morgan fingerprint density at radius 2 is 1.81 bits per heavy atom. The van der Waals surface area contributed by atoms with Crippen LogP contribution in [0.3, 0.4) is 0 Å². The molecule has 0 saturated carbocycles. The largest absolute Gasteiger partial charge is 0.435 e. The maximum Gasteiger partial charge on any atom is 0.387 e. The van der Waals surface area contributed by atoms with Gasteiger partial charge in [0.15, 0.2) is 0 Å². The lowest BCUT2D eigenvalue weighted by molar-refractivity contribution is -0.0498. The van der Waals surface area contributed by atoms with Crippen LogP contribution < -0.4 is 10.1 Å². The van der Waals surface area contributed by atoms with Gasteiger partial charge in [-0.1, -0.05) is 12.1 Å². The fraction of sp³-hybridized carbons (Fsp3) is 0.600. The number of benzene rings is 1. The van der Waals surface area contributed by atoms with Gasteiger partial charge >= 0.3 is 6.61 Å². The van der Waals surface area contributed by atoms with Crippen molar-refractivity contribution < 1.29 is 13.5 Å². The van der Waals surface area contributed by atoms with Gasteiger partial charge in [0.25, 0.3) is 0 Å². The molecule has 0 spiro atoms. The van der Waals surface area contributed by atoms with E-state index in [0.717, 1.165) is 51.4 Å². The number of ether oxygens (including phenoxy) is 1. The Morgan fingerprint density at radius 1 is 1.14 bits per heavy atom. The van der Waals surface area contributed by atoms with Crippen LogP contribution in [0.2, 0.25) is 0 Å². The van der Waals surface area contributed by atoms with E-state index in [1.165, 1.54) is 0 Å². The molecule has 0 unspecified atom stereocenters. The summed E-state index contributed by atoms with van der Waals surface area (Å²) in [5.74, 6) is 0.200. The summed E-state index contributed by atoms with van der Waals surface area (Å²) >= 11 is 0. The molecule has 1 saturated heterocycles. The molecule has 0 amide bonds. The molecule has 4 nitrogen and oxygen atoms in total. The van der Waals surface area contributed by atoms with Gasteiger partial charge in [-0.15, -0.1) is 0 Å². The number of nitrogens with zero attached hydrogens (tertiary/aromatic N) is 2. The molecule has 118 valence electrons. The molecule has 1 N–H and O–H groups in total. The van der Waals surface area contributed by atoms with Crippen molar-refractivity contribution in [3.63, 3.8) is 0 Å². The second-order valence-corrected chi connectivity index (χ2v) is 5.34. The van der Waals surface area contributed by atoms with Crippen molar-refractivity contribution in [3.8, 4) is 5.75 Å². The number of likely N-dealkylation sites (N-methyl/N-ethyl adjacent to an activating group) is 1. The minimum atomic E-state index is -2.77. The molecule has 1 aromatic carbocycles. The molecule has 0 aliphatic carbocycles. The quantitative estimate of drug-likeness (QED) is 0.775. The average Bonchev–Trinajstić information content (AvgIpc) is 2.46. The highest BCUT2D eigenvalue weighted by molar-refractivity contribution is 5.27. The van der Waals surface area contributed by atoms with Crippen molar-refractivity contribution >= 4 is 0 Å². The maximum atomic E-state index is 12.0. The Hall–Kier alpha value is -1.24. The van der Waals surface area contributed by atoms with Gasteiger partial charge in [0.05, 0.1) is 0 Å². The summed E-state index contributed by atoms with van der Waals surface area (Å²) in [6.45, 7) is 4.45. The second kappa shape index (κ2) is 8.26. The molecule has 1 heterocycles. The third-order valence-corrected chi connectivity index (χ3v) is 3.68. The maximum absolute atomic E-state index is 12.0. The van der Waals surface area contributed by atoms with Gasteiger partial charge < -0.3 is 15.0 Å². The summed E-state index contributed by atoms with van der Waals surface area (Å²) in [6, 6.07) is 6.76. The van der Waals surface area contributed by atoms with E-state index in [9.17, 15) is 8.78 Å². The fourth-order valence-corrected chi connectivity index (χ4v) is 2.33. The fourth-order valence-electron chi connectivity index (χ4n) is 2.33. The van der Waals surface area contributed by atoms with Crippen LogP contribution in [0.5, 0.6) is 5.75 Å². The molecule has 1 aromatic rings. The Morgan fingerprint density at radius 3 is 2.43 bits per heavy atom. The number of hydrogen-bond acceptors (Lipinski definition) is 4. The first-order valence-corrected chi connectivity index (χ1v) is 7.29. The third-order valence-electron chi connectivity index (χ3n) is 3.68. The van der Waals surface area contributed by atoms with Crippen LogP contribution in [0, 0.1) is 0 Å². The predicted molar refractivity (Wildman–Crippen MR) is 78.7 cm³/mol. The third kappa shape index (κ3) is 5.95. The average molecular weight is 299 g/mol. The van der Waals surface area contributed by atoms with Gasteiger partial charge in [0, 0.05) is 45.8 Å². The highest BCUT2D eigenvalue weighted by atomic mass is 19.3. The number of hydrogen-bond donors (Lipinski definition) is 1. The van der Waals surface area contributed by atoms with Gasteiger partial charge in [0.2, 0.25) is 0 Å². The zero-order chi connectivity index (χ0) is 15.1. The molecular weight excluding hydrogens is 276 g/mol. The summed E-state index contributed by atoms with van der Waals surface area (Å²) < 4.78 is 28.4. The molecule has 0 atom stereocenters. The molecule has 1 aliphatic heterocycles. The van der Waals surface area contributed by atoms with E-state index < -0.39 is 6.61 Å². The first kappa shape index (κ1) is 16.1. The molecule has 2 rings (SSSR count). The van der Waals surface area contributed by atoms with E-state index in [0.29, 0.717) is 0 Å². The van der Waals surface area contributed by atoms with Crippen LogP contribution in [0.25, 0.3) is 0 Å². The van der Waals surface area contributed by atoms with Crippen LogP contribution in [0.15, 0.2) is 24.3 Å². The first-order valence-electron chi connectivity index (χ1n) is 7.29. The number of alkyl halides is 2. The summed E-state index contributed by atoms with van der Waals surface area (Å²) in [4.78, 5) is 4.79. The number of nitrogens with one attached hydrogen (secondary N) is 1. The molecule has 0 bridgehead atoms. The minimum absolute atomic E-state index is 0.200. The lowest BCUT2D eigenvalue weighted by Crippen LogP contribution is -2.46. The Labute approximate surface area is 124 Å². The molecule has 0 radical (unpaired) electrons. The lowest BCUT2D eigenvalue weighted by Gasteiger charge is -2.32. The summed E-state index contributed by atoms with van der Waals surface area (Å²) in [7, 11) is 2.15. The van der Waals surface area contributed by atoms with E-state index in [2.05, 4.69) is 26.9 Å². The van der Waals surface area contributed by atoms with Gasteiger partial charge in [-0.25, -0.2) is 0 Å². The van der Waals surface area contributed by atoms with Crippen molar-refractivity contribution in [2.45, 2.75) is 13.2 Å². The predicted octanol–water partition coefficient (Wildman–Crippen LogP) is 1.62.